The van der Waals surface area contributed by atoms with Gasteiger partial charge in [-0.1, -0.05) is 0 Å². The van der Waals surface area contributed by atoms with E-state index >= 15 is 0 Å². The SMILES string of the molecule is [CH2-]CC([NH-])=O.[Y]. The van der Waals surface area contributed by atoms with Crippen molar-refractivity contribution in [2.45, 2.75) is 6.42 Å². The van der Waals surface area contributed by atoms with Gasteiger partial charge in [-0.15, -0.1) is 6.42 Å². The van der Waals surface area contributed by atoms with Crippen molar-refractivity contribution in [1.29, 1.82) is 0 Å². The zero-order valence-electron chi connectivity index (χ0n) is 3.40. The summed E-state index contributed by atoms with van der Waals surface area (Å²) in [5.41, 5.74) is 6.12. The maximum Gasteiger partial charge on any atom is 0.0184 e. The summed E-state index contributed by atoms with van der Waals surface area (Å²) in [5, 5.41) is 0. The van der Waals surface area contributed by atoms with Gasteiger partial charge in [0.05, 0.1) is 0 Å². The van der Waals surface area contributed by atoms with E-state index in [1.165, 1.54) is 0 Å². The molecule has 0 rings (SSSR count). The molecule has 1 radical (unpaired) electrons. The molecule has 0 aliphatic heterocycles. The fraction of sp³-hybridized carbons (Fsp3) is 0.333. The first-order valence-electron chi connectivity index (χ1n) is 1.31. The van der Waals surface area contributed by atoms with Gasteiger partial charge in [0.1, 0.15) is 0 Å². The zero-order valence-corrected chi connectivity index (χ0v) is 6.24. The van der Waals surface area contributed by atoms with Crippen LogP contribution in [-0.2, 0) is 37.5 Å². The smallest absolute Gasteiger partial charge is 0.0184 e. The first-order valence-corrected chi connectivity index (χ1v) is 1.31. The van der Waals surface area contributed by atoms with E-state index in [1.54, 1.807) is 0 Å². The number of carbonyl (C=O) groups is 1. The second-order valence-corrected chi connectivity index (χ2v) is 0.673. The Balaban J connectivity index is 0. The third-order valence-electron chi connectivity index (χ3n) is 0.227. The molecule has 0 aromatic rings. The molecule has 2 nitrogen and oxygen atoms in total. The molecule has 0 fully saturated rings. The molecule has 0 unspecified atom stereocenters. The molecule has 0 aromatic heterocycles. The molecule has 0 bridgehead atoms. The minimum absolute atomic E-state index is 0. The Bertz CT molecular complexity index is 46.1. The monoisotopic (exact) mass is 160 g/mol. The molecule has 1 amide bonds. The summed E-state index contributed by atoms with van der Waals surface area (Å²) >= 11 is 0. The molecule has 0 heterocycles. The van der Waals surface area contributed by atoms with Crippen LogP contribution in [0.5, 0.6) is 0 Å². The van der Waals surface area contributed by atoms with Crippen molar-refractivity contribution in [2.24, 2.45) is 0 Å². The number of hydrogen-bond acceptors (Lipinski definition) is 1. The first-order chi connectivity index (χ1) is 2.27. The Labute approximate surface area is 62.4 Å². The Hall–Kier alpha value is 0.574. The average molecular weight is 160 g/mol. The predicted octanol–water partition coefficient (Wildman–Crippen LogP) is 0.787. The fourth-order valence-electron chi connectivity index (χ4n) is 0. The Kier molecular flexibility index (Phi) is 9.07. The van der Waals surface area contributed by atoms with Crippen LogP contribution in [0, 0.1) is 6.92 Å². The topological polar surface area (TPSA) is 40.9 Å². The first kappa shape index (κ1) is 9.76. The molecule has 6 heavy (non-hydrogen) atoms. The summed E-state index contributed by atoms with van der Waals surface area (Å²) < 4.78 is 0. The fourth-order valence-corrected chi connectivity index (χ4v) is 0. The summed E-state index contributed by atoms with van der Waals surface area (Å²) in [4.78, 5) is 9.42. The quantitative estimate of drug-likeness (QED) is 0.522. The van der Waals surface area contributed by atoms with Gasteiger partial charge in [-0.05, 0) is 0 Å². The van der Waals surface area contributed by atoms with E-state index in [0.29, 0.717) is 0 Å². The van der Waals surface area contributed by atoms with Crippen LogP contribution in [0.1, 0.15) is 6.42 Å². The van der Waals surface area contributed by atoms with Crippen LogP contribution in [0.2, 0.25) is 0 Å². The summed E-state index contributed by atoms with van der Waals surface area (Å²) in [7, 11) is 0. The van der Waals surface area contributed by atoms with E-state index in [1.807, 2.05) is 0 Å². The number of amides is 1. The molecule has 0 saturated heterocycles. The van der Waals surface area contributed by atoms with Crippen LogP contribution < -0.4 is 0 Å². The van der Waals surface area contributed by atoms with Gasteiger partial charge >= 0.3 is 0 Å². The number of carbonyl (C=O) groups excluding carboxylic acids is 1. The molecular formula is C3H5NOY-2. The molecular weight excluding hydrogens is 155 g/mol. The van der Waals surface area contributed by atoms with Gasteiger partial charge in [0, 0.05) is 38.6 Å². The van der Waals surface area contributed by atoms with Gasteiger partial charge in [-0.2, -0.15) is 0 Å². The van der Waals surface area contributed by atoms with Crippen molar-refractivity contribution in [2.75, 3.05) is 0 Å². The molecule has 1 N–H and O–H groups in total. The standard InChI is InChI=1S/C3H6NO.Y/c1-2-3(4)5;/h1-2H2,(H2,4,5);/q-1;/p-1. The molecule has 0 aliphatic rings. The van der Waals surface area contributed by atoms with Crippen molar-refractivity contribution < 1.29 is 37.5 Å². The van der Waals surface area contributed by atoms with Gasteiger partial charge < -0.3 is 17.5 Å². The zero-order chi connectivity index (χ0) is 4.28. The normalized spacial score (nSPS) is 6.17. The van der Waals surface area contributed by atoms with Crippen molar-refractivity contribution in [3.05, 3.63) is 12.7 Å². The third kappa shape index (κ3) is 8.82. The summed E-state index contributed by atoms with van der Waals surface area (Å²) in [6.07, 6.45) is 0.0833. The van der Waals surface area contributed by atoms with E-state index in [0.717, 1.165) is 0 Å². The molecule has 0 spiro atoms. The largest absolute Gasteiger partial charge is 0.670 e. The summed E-state index contributed by atoms with van der Waals surface area (Å²) in [5.74, 6) is -0.606. The molecule has 0 aliphatic carbocycles. The molecule has 33 valence electrons. The minimum atomic E-state index is -0.606. The predicted molar refractivity (Wildman–Crippen MR) is 19.3 cm³/mol. The van der Waals surface area contributed by atoms with Crippen LogP contribution in [0.25, 0.3) is 5.73 Å². The Morgan fingerprint density at radius 2 is 2.00 bits per heavy atom. The maximum absolute atomic E-state index is 9.42. The maximum atomic E-state index is 9.42. The van der Waals surface area contributed by atoms with E-state index < -0.39 is 5.91 Å². The summed E-state index contributed by atoms with van der Waals surface area (Å²) in [6, 6.07) is 0. The minimum Gasteiger partial charge on any atom is -0.670 e. The van der Waals surface area contributed by atoms with E-state index in [-0.39, 0.29) is 39.1 Å². The number of hydrogen-bond donors (Lipinski definition) is 0. The average Bonchev–Trinajstić information content (AvgIpc) is 1.38. The summed E-state index contributed by atoms with van der Waals surface area (Å²) in [6.45, 7) is 3.15. The second kappa shape index (κ2) is 5.57. The number of rotatable bonds is 1. The van der Waals surface area contributed by atoms with E-state index in [9.17, 15) is 4.79 Å². The Morgan fingerprint density at radius 3 is 2.00 bits per heavy atom. The van der Waals surface area contributed by atoms with Crippen LogP contribution in [0.15, 0.2) is 0 Å². The van der Waals surface area contributed by atoms with Crippen LogP contribution in [-0.4, -0.2) is 5.91 Å². The van der Waals surface area contributed by atoms with Gasteiger partial charge in [-0.25, -0.2) is 0 Å². The van der Waals surface area contributed by atoms with Crippen molar-refractivity contribution in [1.82, 2.24) is 0 Å². The van der Waals surface area contributed by atoms with Crippen molar-refractivity contribution >= 4 is 5.91 Å². The second-order valence-electron chi connectivity index (χ2n) is 0.673. The van der Waals surface area contributed by atoms with Crippen molar-refractivity contribution in [3.8, 4) is 0 Å². The Morgan fingerprint density at radius 1 is 1.83 bits per heavy atom. The van der Waals surface area contributed by atoms with E-state index in [4.69, 9.17) is 5.73 Å². The van der Waals surface area contributed by atoms with Crippen LogP contribution in [0.4, 0.5) is 0 Å². The van der Waals surface area contributed by atoms with Gasteiger partial charge in [0.25, 0.3) is 0 Å². The van der Waals surface area contributed by atoms with Crippen LogP contribution in [0.3, 0.4) is 0 Å². The van der Waals surface area contributed by atoms with E-state index in [2.05, 4.69) is 6.92 Å². The molecule has 3 heteroatoms. The number of nitrogens with one attached hydrogen (secondary N) is 1. The van der Waals surface area contributed by atoms with Gasteiger partial charge in [0.15, 0.2) is 0 Å². The third-order valence-corrected chi connectivity index (χ3v) is 0.227. The molecule has 0 aromatic carbocycles. The van der Waals surface area contributed by atoms with Gasteiger partial charge in [0.2, 0.25) is 0 Å². The molecule has 0 saturated carbocycles. The van der Waals surface area contributed by atoms with Crippen LogP contribution >= 0.6 is 0 Å². The van der Waals surface area contributed by atoms with Crippen molar-refractivity contribution in [3.63, 3.8) is 0 Å². The molecule has 0 atom stereocenters. The van der Waals surface area contributed by atoms with Gasteiger partial charge in [-0.3, -0.25) is 0 Å².